The van der Waals surface area contributed by atoms with Crippen molar-refractivity contribution in [2.45, 2.75) is 44.2 Å². The average Bonchev–Trinajstić information content (AvgIpc) is 3.29. The molecule has 1 unspecified atom stereocenters. The largest absolute Gasteiger partial charge is 0.382 e. The van der Waals surface area contributed by atoms with Gasteiger partial charge in [0.05, 0.1) is 0 Å². The molecule has 1 atom stereocenters. The molecule has 1 aromatic carbocycles. The highest BCUT2D eigenvalue weighted by atomic mass is 16.3. The first-order valence-electron chi connectivity index (χ1n) is 7.41. The van der Waals surface area contributed by atoms with E-state index < -0.39 is 5.60 Å². The second-order valence-electron chi connectivity index (χ2n) is 5.66. The maximum Gasteiger partial charge on any atom is 0.114 e. The molecule has 0 saturated heterocycles. The SMILES string of the molecule is CCCCN(CC(O)(CN)c1ccccc1)C1CC1. The fraction of sp³-hybridized carbons (Fsp3) is 0.625. The van der Waals surface area contributed by atoms with E-state index in [0.717, 1.165) is 12.1 Å². The van der Waals surface area contributed by atoms with Crippen LogP contribution in [0.2, 0.25) is 0 Å². The summed E-state index contributed by atoms with van der Waals surface area (Å²) >= 11 is 0. The summed E-state index contributed by atoms with van der Waals surface area (Å²) in [5, 5.41) is 10.9. The molecule has 0 spiro atoms. The second-order valence-corrected chi connectivity index (χ2v) is 5.66. The van der Waals surface area contributed by atoms with Gasteiger partial charge in [-0.25, -0.2) is 0 Å². The predicted octanol–water partition coefficient (Wildman–Crippen LogP) is 2.10. The summed E-state index contributed by atoms with van der Waals surface area (Å²) in [6.45, 7) is 4.19. The highest BCUT2D eigenvalue weighted by Crippen LogP contribution is 2.31. The summed E-state index contributed by atoms with van der Waals surface area (Å²) in [5.74, 6) is 0. The van der Waals surface area contributed by atoms with Crippen LogP contribution in [0, 0.1) is 0 Å². The van der Waals surface area contributed by atoms with Crippen molar-refractivity contribution in [3.63, 3.8) is 0 Å². The van der Waals surface area contributed by atoms with Crippen LogP contribution in [0.5, 0.6) is 0 Å². The van der Waals surface area contributed by atoms with E-state index in [1.54, 1.807) is 0 Å². The van der Waals surface area contributed by atoms with Crippen molar-refractivity contribution in [1.29, 1.82) is 0 Å². The van der Waals surface area contributed by atoms with E-state index in [4.69, 9.17) is 5.73 Å². The number of nitrogens with zero attached hydrogens (tertiary/aromatic N) is 1. The summed E-state index contributed by atoms with van der Waals surface area (Å²) in [6, 6.07) is 10.5. The van der Waals surface area contributed by atoms with Crippen LogP contribution in [0.4, 0.5) is 0 Å². The topological polar surface area (TPSA) is 49.5 Å². The zero-order valence-corrected chi connectivity index (χ0v) is 11.9. The van der Waals surface area contributed by atoms with Crippen molar-refractivity contribution >= 4 is 0 Å². The fourth-order valence-corrected chi connectivity index (χ4v) is 2.55. The van der Waals surface area contributed by atoms with Gasteiger partial charge in [0.15, 0.2) is 0 Å². The molecule has 2 rings (SSSR count). The molecule has 0 bridgehead atoms. The Hall–Kier alpha value is -0.900. The monoisotopic (exact) mass is 262 g/mol. The molecule has 0 aliphatic heterocycles. The van der Waals surface area contributed by atoms with E-state index in [-0.39, 0.29) is 6.54 Å². The minimum absolute atomic E-state index is 0.270. The van der Waals surface area contributed by atoms with E-state index >= 15 is 0 Å². The smallest absolute Gasteiger partial charge is 0.114 e. The molecule has 19 heavy (non-hydrogen) atoms. The lowest BCUT2D eigenvalue weighted by molar-refractivity contribution is 0.00382. The molecule has 106 valence electrons. The highest BCUT2D eigenvalue weighted by Gasteiger charge is 2.36. The molecule has 1 aliphatic rings. The van der Waals surface area contributed by atoms with Gasteiger partial charge in [0.2, 0.25) is 0 Å². The second kappa shape index (κ2) is 6.51. The maximum atomic E-state index is 10.9. The Morgan fingerprint density at radius 2 is 2.00 bits per heavy atom. The molecule has 0 aromatic heterocycles. The van der Waals surface area contributed by atoms with Gasteiger partial charge in [0.25, 0.3) is 0 Å². The van der Waals surface area contributed by atoms with Gasteiger partial charge in [-0.2, -0.15) is 0 Å². The lowest BCUT2D eigenvalue weighted by atomic mass is 9.93. The molecular weight excluding hydrogens is 236 g/mol. The molecule has 3 heteroatoms. The Labute approximate surface area is 116 Å². The van der Waals surface area contributed by atoms with E-state index in [1.165, 1.54) is 25.7 Å². The quantitative estimate of drug-likeness (QED) is 0.754. The van der Waals surface area contributed by atoms with E-state index in [0.29, 0.717) is 12.6 Å². The predicted molar refractivity (Wildman–Crippen MR) is 78.9 cm³/mol. The molecule has 0 amide bonds. The van der Waals surface area contributed by atoms with Gasteiger partial charge in [0, 0.05) is 19.1 Å². The number of unbranched alkanes of at least 4 members (excludes halogenated alkanes) is 1. The van der Waals surface area contributed by atoms with Gasteiger partial charge < -0.3 is 10.8 Å². The van der Waals surface area contributed by atoms with Crippen LogP contribution in [0.3, 0.4) is 0 Å². The summed E-state index contributed by atoms with van der Waals surface area (Å²) in [7, 11) is 0. The van der Waals surface area contributed by atoms with Crippen LogP contribution < -0.4 is 5.73 Å². The lowest BCUT2D eigenvalue weighted by Gasteiger charge is -2.34. The van der Waals surface area contributed by atoms with Crippen molar-refractivity contribution in [1.82, 2.24) is 4.90 Å². The molecule has 1 fully saturated rings. The molecule has 3 nitrogen and oxygen atoms in total. The molecule has 1 aliphatic carbocycles. The van der Waals surface area contributed by atoms with Gasteiger partial charge in [-0.05, 0) is 31.4 Å². The first-order chi connectivity index (χ1) is 9.19. The minimum Gasteiger partial charge on any atom is -0.382 e. The minimum atomic E-state index is -0.919. The average molecular weight is 262 g/mol. The fourth-order valence-electron chi connectivity index (χ4n) is 2.55. The standard InChI is InChI=1S/C16H26N2O/c1-2-3-11-18(15-9-10-15)13-16(19,12-17)14-7-5-4-6-8-14/h4-8,15,19H,2-3,9-13,17H2,1H3. The number of hydrogen-bond donors (Lipinski definition) is 2. The van der Waals surface area contributed by atoms with Crippen molar-refractivity contribution in [3.05, 3.63) is 35.9 Å². The molecule has 0 heterocycles. The van der Waals surface area contributed by atoms with Crippen molar-refractivity contribution < 1.29 is 5.11 Å². The molecule has 1 aromatic rings. The Bertz CT molecular complexity index is 378. The van der Waals surface area contributed by atoms with Gasteiger partial charge in [-0.1, -0.05) is 43.7 Å². The molecule has 3 N–H and O–H groups in total. The van der Waals surface area contributed by atoms with E-state index in [1.807, 2.05) is 30.3 Å². The number of benzene rings is 1. The summed E-state index contributed by atoms with van der Waals surface area (Å²) in [6.07, 6.45) is 4.90. The summed E-state index contributed by atoms with van der Waals surface area (Å²) < 4.78 is 0. The van der Waals surface area contributed by atoms with Crippen LogP contribution in [0.25, 0.3) is 0 Å². The number of nitrogens with two attached hydrogens (primary N) is 1. The van der Waals surface area contributed by atoms with Crippen molar-refractivity contribution in [3.8, 4) is 0 Å². The highest BCUT2D eigenvalue weighted by molar-refractivity contribution is 5.23. The first kappa shape index (κ1) is 14.5. The molecule has 0 radical (unpaired) electrons. The molecular formula is C16H26N2O. The van der Waals surface area contributed by atoms with E-state index in [2.05, 4.69) is 11.8 Å². The third-order valence-electron chi connectivity index (χ3n) is 3.98. The summed E-state index contributed by atoms with van der Waals surface area (Å²) in [4.78, 5) is 2.42. The zero-order valence-electron chi connectivity index (χ0n) is 11.9. The van der Waals surface area contributed by atoms with Crippen molar-refractivity contribution in [2.24, 2.45) is 5.73 Å². The maximum absolute atomic E-state index is 10.9. The zero-order chi connectivity index (χ0) is 13.7. The van der Waals surface area contributed by atoms with Gasteiger partial charge >= 0.3 is 0 Å². The number of aliphatic hydroxyl groups is 1. The first-order valence-corrected chi connectivity index (χ1v) is 7.41. The number of rotatable bonds is 8. The van der Waals surface area contributed by atoms with Crippen LogP contribution >= 0.6 is 0 Å². The van der Waals surface area contributed by atoms with Crippen LogP contribution in [0.1, 0.15) is 38.2 Å². The van der Waals surface area contributed by atoms with Gasteiger partial charge in [-0.3, -0.25) is 4.90 Å². The normalized spacial score (nSPS) is 18.5. The van der Waals surface area contributed by atoms with Crippen LogP contribution in [0.15, 0.2) is 30.3 Å². The van der Waals surface area contributed by atoms with Gasteiger partial charge in [-0.15, -0.1) is 0 Å². The summed E-state index contributed by atoms with van der Waals surface area (Å²) in [5.41, 5.74) is 5.87. The van der Waals surface area contributed by atoms with E-state index in [9.17, 15) is 5.11 Å². The van der Waals surface area contributed by atoms with Crippen LogP contribution in [-0.2, 0) is 5.60 Å². The Morgan fingerprint density at radius 3 is 2.53 bits per heavy atom. The Kier molecular flexibility index (Phi) is 4.97. The number of hydrogen-bond acceptors (Lipinski definition) is 3. The Morgan fingerprint density at radius 1 is 1.32 bits per heavy atom. The molecule has 1 saturated carbocycles. The van der Waals surface area contributed by atoms with Crippen molar-refractivity contribution in [2.75, 3.05) is 19.6 Å². The third-order valence-corrected chi connectivity index (χ3v) is 3.98. The third kappa shape index (κ3) is 3.78. The lowest BCUT2D eigenvalue weighted by Crippen LogP contribution is -2.47. The van der Waals surface area contributed by atoms with Crippen LogP contribution in [-0.4, -0.2) is 35.7 Å². The van der Waals surface area contributed by atoms with Gasteiger partial charge in [0.1, 0.15) is 5.60 Å². The Balaban J connectivity index is 2.07.